The van der Waals surface area contributed by atoms with Crippen molar-refractivity contribution in [3.8, 4) is 78.8 Å². The van der Waals surface area contributed by atoms with Gasteiger partial charge in [0.1, 0.15) is 17.5 Å². The normalized spacial score (nSPS) is 11.3. The molecule has 10 rings (SSSR count). The van der Waals surface area contributed by atoms with Crippen LogP contribution in [-0.2, 0) is 0 Å². The van der Waals surface area contributed by atoms with E-state index in [0.717, 1.165) is 61.0 Å². The van der Waals surface area contributed by atoms with Gasteiger partial charge in [-0.2, -0.15) is 0 Å². The minimum absolute atomic E-state index is 0.513. The quantitative estimate of drug-likeness (QED) is 0.163. The van der Waals surface area contributed by atoms with Gasteiger partial charge in [0.05, 0.1) is 5.39 Å². The molecule has 55 heavy (non-hydrogen) atoms. The minimum atomic E-state index is 0.513. The Morgan fingerprint density at radius 3 is 1.40 bits per heavy atom. The number of nitrogens with zero attached hydrogens (tertiary/aromatic N) is 6. The number of hydrogen-bond donors (Lipinski definition) is 0. The SMILES string of the molecule is c1ccc(-c2ccc(-c3nc(-c4ccccc4)nc(-c4ccc(-c5ncnc6c5oc5ncc(-c7cccc(-c8ccccc8)c7)cc56)cc4)n3)cc2)cc1. The highest BCUT2D eigenvalue weighted by molar-refractivity contribution is 6.06. The maximum absolute atomic E-state index is 6.33. The fourth-order valence-electron chi connectivity index (χ4n) is 6.90. The van der Waals surface area contributed by atoms with Crippen molar-refractivity contribution < 1.29 is 4.42 Å². The number of fused-ring (bicyclic) bond motifs is 3. The largest absolute Gasteiger partial charge is 0.434 e. The molecule has 0 N–H and O–H groups in total. The van der Waals surface area contributed by atoms with Crippen LogP contribution in [0.3, 0.4) is 0 Å². The number of furan rings is 1. The number of aromatic nitrogens is 6. The minimum Gasteiger partial charge on any atom is -0.434 e. The molecule has 6 aromatic carbocycles. The Labute approximate surface area is 316 Å². The Morgan fingerprint density at radius 1 is 0.345 bits per heavy atom. The Morgan fingerprint density at radius 2 is 0.800 bits per heavy atom. The van der Waals surface area contributed by atoms with Crippen LogP contribution in [0.2, 0.25) is 0 Å². The summed E-state index contributed by atoms with van der Waals surface area (Å²) < 4.78 is 6.33. The molecule has 0 saturated carbocycles. The van der Waals surface area contributed by atoms with Gasteiger partial charge in [0, 0.05) is 34.0 Å². The lowest BCUT2D eigenvalue weighted by molar-refractivity contribution is 0.652. The van der Waals surface area contributed by atoms with Crippen LogP contribution < -0.4 is 0 Å². The highest BCUT2D eigenvalue weighted by Gasteiger charge is 2.18. The first kappa shape index (κ1) is 32.0. The summed E-state index contributed by atoms with van der Waals surface area (Å²) >= 11 is 0. The van der Waals surface area contributed by atoms with E-state index in [1.165, 1.54) is 0 Å². The zero-order chi connectivity index (χ0) is 36.6. The smallest absolute Gasteiger partial charge is 0.229 e. The highest BCUT2D eigenvalue weighted by atomic mass is 16.3. The van der Waals surface area contributed by atoms with E-state index in [0.29, 0.717) is 40.0 Å². The summed E-state index contributed by atoms with van der Waals surface area (Å²) in [5, 5.41) is 0.834. The molecule has 0 aliphatic rings. The summed E-state index contributed by atoms with van der Waals surface area (Å²) in [6.07, 6.45) is 3.43. The first-order valence-electron chi connectivity index (χ1n) is 18.0. The van der Waals surface area contributed by atoms with Crippen molar-refractivity contribution in [2.75, 3.05) is 0 Å². The highest BCUT2D eigenvalue weighted by Crippen LogP contribution is 2.36. The van der Waals surface area contributed by atoms with Crippen molar-refractivity contribution in [2.45, 2.75) is 0 Å². The second-order valence-corrected chi connectivity index (χ2v) is 13.2. The molecule has 0 spiro atoms. The first-order valence-corrected chi connectivity index (χ1v) is 18.0. The van der Waals surface area contributed by atoms with Crippen molar-refractivity contribution in [3.05, 3.63) is 182 Å². The van der Waals surface area contributed by atoms with Gasteiger partial charge in [0.15, 0.2) is 23.1 Å². The second-order valence-electron chi connectivity index (χ2n) is 13.2. The van der Waals surface area contributed by atoms with E-state index in [1.807, 2.05) is 85.1 Å². The molecule has 0 radical (unpaired) electrons. The van der Waals surface area contributed by atoms with Crippen LogP contribution in [0.25, 0.3) is 101 Å². The molecule has 0 amide bonds. The van der Waals surface area contributed by atoms with Gasteiger partial charge < -0.3 is 4.42 Å². The Bertz CT molecular complexity index is 2950. The molecule has 258 valence electrons. The van der Waals surface area contributed by atoms with Crippen molar-refractivity contribution in [1.29, 1.82) is 0 Å². The first-order chi connectivity index (χ1) is 27.2. The molecule has 0 atom stereocenters. The van der Waals surface area contributed by atoms with E-state index in [1.54, 1.807) is 6.33 Å². The van der Waals surface area contributed by atoms with Crippen molar-refractivity contribution in [2.24, 2.45) is 0 Å². The molecule has 7 nitrogen and oxygen atoms in total. The molecule has 4 heterocycles. The molecule has 0 aliphatic heterocycles. The van der Waals surface area contributed by atoms with E-state index >= 15 is 0 Å². The zero-order valence-corrected chi connectivity index (χ0v) is 29.4. The summed E-state index contributed by atoms with van der Waals surface area (Å²) in [4.78, 5) is 28.8. The molecule has 0 aliphatic carbocycles. The number of rotatable bonds is 7. The standard InChI is InChI=1S/C48H30N6O/c1-4-11-31(12-5-1)33-19-23-36(24-20-33)46-52-45(35-15-8-3-9-16-35)53-47(54-46)37-25-21-34(22-26-37)42-44-43(51-30-50-42)41-28-40(29-49-48(41)55-44)39-18-10-17-38(27-39)32-13-6-2-7-14-32/h1-30H. The summed E-state index contributed by atoms with van der Waals surface area (Å²) in [5.41, 5.74) is 12.7. The predicted molar refractivity (Wildman–Crippen MR) is 219 cm³/mol. The fourth-order valence-corrected chi connectivity index (χ4v) is 6.90. The number of benzene rings is 6. The third-order valence-electron chi connectivity index (χ3n) is 9.75. The van der Waals surface area contributed by atoms with E-state index in [9.17, 15) is 0 Å². The molecule has 0 bridgehead atoms. The lowest BCUT2D eigenvalue weighted by Gasteiger charge is -2.09. The van der Waals surface area contributed by atoms with Gasteiger partial charge in [-0.1, -0.05) is 158 Å². The molecular formula is C48H30N6O. The van der Waals surface area contributed by atoms with Crippen LogP contribution in [0.5, 0.6) is 0 Å². The van der Waals surface area contributed by atoms with Gasteiger partial charge >= 0.3 is 0 Å². The Kier molecular flexibility index (Phi) is 8.00. The van der Waals surface area contributed by atoms with E-state index in [-0.39, 0.29) is 0 Å². The third kappa shape index (κ3) is 6.19. The lowest BCUT2D eigenvalue weighted by atomic mass is 9.99. The van der Waals surface area contributed by atoms with Crippen LogP contribution in [0.4, 0.5) is 0 Å². The molecule has 7 heteroatoms. The van der Waals surface area contributed by atoms with Crippen LogP contribution in [0, 0.1) is 0 Å². The van der Waals surface area contributed by atoms with Crippen molar-refractivity contribution >= 4 is 22.2 Å². The molecule has 10 aromatic rings. The summed E-state index contributed by atoms with van der Waals surface area (Å²) in [7, 11) is 0. The second kappa shape index (κ2) is 13.7. The summed E-state index contributed by atoms with van der Waals surface area (Å²) in [6, 6.07) is 57.6. The monoisotopic (exact) mass is 706 g/mol. The van der Waals surface area contributed by atoms with Gasteiger partial charge in [-0.05, 0) is 39.9 Å². The molecular weight excluding hydrogens is 677 g/mol. The van der Waals surface area contributed by atoms with Gasteiger partial charge in [0.25, 0.3) is 0 Å². The maximum Gasteiger partial charge on any atom is 0.229 e. The summed E-state index contributed by atoms with van der Waals surface area (Å²) in [6.45, 7) is 0. The average molecular weight is 707 g/mol. The Hall–Kier alpha value is -7.64. The molecule has 0 saturated heterocycles. The van der Waals surface area contributed by atoms with Crippen LogP contribution in [-0.4, -0.2) is 29.9 Å². The topological polar surface area (TPSA) is 90.5 Å². The predicted octanol–water partition coefficient (Wildman–Crippen LogP) is 11.6. The number of hydrogen-bond acceptors (Lipinski definition) is 7. The van der Waals surface area contributed by atoms with Crippen LogP contribution in [0.1, 0.15) is 0 Å². The van der Waals surface area contributed by atoms with Gasteiger partial charge in [-0.3, -0.25) is 0 Å². The van der Waals surface area contributed by atoms with Gasteiger partial charge in [0.2, 0.25) is 5.71 Å². The van der Waals surface area contributed by atoms with Gasteiger partial charge in [-0.15, -0.1) is 0 Å². The van der Waals surface area contributed by atoms with Gasteiger partial charge in [-0.25, -0.2) is 29.9 Å². The summed E-state index contributed by atoms with van der Waals surface area (Å²) in [5.74, 6) is 1.79. The average Bonchev–Trinajstić information content (AvgIpc) is 3.66. The third-order valence-corrected chi connectivity index (χ3v) is 9.75. The number of pyridine rings is 1. The van der Waals surface area contributed by atoms with E-state index in [4.69, 9.17) is 24.4 Å². The van der Waals surface area contributed by atoms with Crippen LogP contribution in [0.15, 0.2) is 187 Å². The molecule has 4 aromatic heterocycles. The maximum atomic E-state index is 6.33. The lowest BCUT2D eigenvalue weighted by Crippen LogP contribution is -2.00. The zero-order valence-electron chi connectivity index (χ0n) is 29.4. The molecule has 0 fully saturated rings. The Balaban J connectivity index is 0.998. The molecule has 0 unspecified atom stereocenters. The van der Waals surface area contributed by atoms with Crippen molar-refractivity contribution in [3.63, 3.8) is 0 Å². The van der Waals surface area contributed by atoms with Crippen molar-refractivity contribution in [1.82, 2.24) is 29.9 Å². The fraction of sp³-hybridized carbons (Fsp3) is 0. The van der Waals surface area contributed by atoms with E-state index in [2.05, 4.69) is 101 Å². The van der Waals surface area contributed by atoms with Crippen LogP contribution >= 0.6 is 0 Å². The van der Waals surface area contributed by atoms with E-state index < -0.39 is 0 Å².